The number of hydrogen-bond acceptors (Lipinski definition) is 4. The molecule has 2 aromatic heterocycles. The van der Waals surface area contributed by atoms with E-state index in [0.717, 1.165) is 11.8 Å². The predicted molar refractivity (Wildman–Crippen MR) is 67.1 cm³/mol. The van der Waals surface area contributed by atoms with Crippen LogP contribution in [-0.4, -0.2) is 25.7 Å². The normalized spacial score (nSPS) is 11.6. The van der Waals surface area contributed by atoms with Gasteiger partial charge in [0.1, 0.15) is 17.1 Å². The molecule has 0 fully saturated rings. The Kier molecular flexibility index (Phi) is 3.23. The number of hydrogen-bond donors (Lipinski definition) is 1. The third-order valence-electron chi connectivity index (χ3n) is 2.56. The molecule has 0 spiro atoms. The number of rotatable bonds is 3. The lowest BCUT2D eigenvalue weighted by atomic mass is 10.2. The average molecular weight is 243 g/mol. The minimum atomic E-state index is -0.351. The van der Waals surface area contributed by atoms with Gasteiger partial charge < -0.3 is 5.11 Å². The van der Waals surface area contributed by atoms with Crippen LogP contribution in [0.4, 0.5) is 0 Å². The smallest absolute Gasteiger partial charge is 0.207 e. The van der Waals surface area contributed by atoms with Gasteiger partial charge in [-0.25, -0.2) is 0 Å². The minimum absolute atomic E-state index is 0.158. The second-order valence-corrected chi connectivity index (χ2v) is 3.90. The van der Waals surface area contributed by atoms with Crippen LogP contribution in [0.15, 0.2) is 36.5 Å². The van der Waals surface area contributed by atoms with Crippen molar-refractivity contribution in [2.75, 3.05) is 0 Å². The highest BCUT2D eigenvalue weighted by molar-refractivity contribution is 6.06. The fourth-order valence-corrected chi connectivity index (χ4v) is 1.47. The maximum absolute atomic E-state index is 11.8. The SMILES string of the molecule is Cc1cc(/C(O)=C/C(=O)c2ccccn2)nn1C. The highest BCUT2D eigenvalue weighted by Gasteiger charge is 2.10. The summed E-state index contributed by atoms with van der Waals surface area (Å²) in [5, 5.41) is 13.9. The molecule has 0 aromatic carbocycles. The molecule has 5 heteroatoms. The van der Waals surface area contributed by atoms with Crippen LogP contribution in [0.2, 0.25) is 0 Å². The second-order valence-electron chi connectivity index (χ2n) is 3.90. The molecule has 0 aliphatic heterocycles. The van der Waals surface area contributed by atoms with Crippen molar-refractivity contribution in [2.45, 2.75) is 6.92 Å². The number of aryl methyl sites for hydroxylation is 2. The van der Waals surface area contributed by atoms with Gasteiger partial charge in [-0.05, 0) is 25.1 Å². The van der Waals surface area contributed by atoms with Gasteiger partial charge in [0.2, 0.25) is 5.78 Å². The quantitative estimate of drug-likeness (QED) is 0.508. The molecule has 1 N–H and O–H groups in total. The molecular weight excluding hydrogens is 230 g/mol. The predicted octanol–water partition coefficient (Wildman–Crippen LogP) is 1.91. The number of carbonyl (C=O) groups excluding carboxylic acids is 1. The van der Waals surface area contributed by atoms with E-state index in [1.165, 1.54) is 6.20 Å². The summed E-state index contributed by atoms with van der Waals surface area (Å²) in [4.78, 5) is 15.7. The molecule has 5 nitrogen and oxygen atoms in total. The Morgan fingerprint density at radius 2 is 2.17 bits per heavy atom. The Bertz CT molecular complexity index is 580. The summed E-state index contributed by atoms with van der Waals surface area (Å²) in [5.41, 5.74) is 1.56. The van der Waals surface area contributed by atoms with E-state index < -0.39 is 0 Å². The van der Waals surface area contributed by atoms with Gasteiger partial charge in [-0.3, -0.25) is 14.5 Å². The number of carbonyl (C=O) groups is 1. The molecule has 0 atom stereocenters. The number of ketones is 1. The van der Waals surface area contributed by atoms with Crippen molar-refractivity contribution in [1.82, 2.24) is 14.8 Å². The summed E-state index contributed by atoms with van der Waals surface area (Å²) < 4.78 is 1.63. The number of aromatic nitrogens is 3. The Labute approximate surface area is 104 Å². The Morgan fingerprint density at radius 3 is 2.72 bits per heavy atom. The first-order valence-electron chi connectivity index (χ1n) is 5.45. The summed E-state index contributed by atoms with van der Waals surface area (Å²) in [6.07, 6.45) is 2.66. The minimum Gasteiger partial charge on any atom is -0.505 e. The zero-order valence-electron chi connectivity index (χ0n) is 10.2. The Morgan fingerprint density at radius 1 is 1.39 bits per heavy atom. The summed E-state index contributed by atoms with van der Waals surface area (Å²) in [6, 6.07) is 6.74. The first kappa shape index (κ1) is 12.0. The maximum Gasteiger partial charge on any atom is 0.207 e. The van der Waals surface area contributed by atoms with Crippen LogP contribution in [0.25, 0.3) is 5.76 Å². The molecule has 18 heavy (non-hydrogen) atoms. The fourth-order valence-electron chi connectivity index (χ4n) is 1.47. The van der Waals surface area contributed by atoms with Crippen molar-refractivity contribution >= 4 is 11.5 Å². The first-order chi connectivity index (χ1) is 8.58. The molecule has 2 rings (SSSR count). The fraction of sp³-hybridized carbons (Fsp3) is 0.154. The second kappa shape index (κ2) is 4.83. The van der Waals surface area contributed by atoms with Crippen LogP contribution in [0.3, 0.4) is 0 Å². The van der Waals surface area contributed by atoms with E-state index >= 15 is 0 Å². The van der Waals surface area contributed by atoms with Gasteiger partial charge in [0.25, 0.3) is 0 Å². The number of aliphatic hydroxyl groups is 1. The molecule has 0 aliphatic rings. The molecule has 0 radical (unpaired) electrons. The first-order valence-corrected chi connectivity index (χ1v) is 5.45. The molecule has 0 amide bonds. The molecular formula is C13H13N3O2. The number of allylic oxidation sites excluding steroid dienone is 1. The van der Waals surface area contributed by atoms with Crippen LogP contribution in [-0.2, 0) is 7.05 Å². The van der Waals surface area contributed by atoms with Crippen molar-refractivity contribution in [3.63, 3.8) is 0 Å². The van der Waals surface area contributed by atoms with Crippen molar-refractivity contribution in [1.29, 1.82) is 0 Å². The Balaban J connectivity index is 2.26. The lowest BCUT2D eigenvalue weighted by molar-refractivity contribution is 0.104. The van der Waals surface area contributed by atoms with Gasteiger partial charge >= 0.3 is 0 Å². The Hall–Kier alpha value is -2.43. The molecule has 2 heterocycles. The van der Waals surface area contributed by atoms with Crippen LogP contribution in [0, 0.1) is 6.92 Å². The van der Waals surface area contributed by atoms with E-state index in [0.29, 0.717) is 5.69 Å². The monoisotopic (exact) mass is 243 g/mol. The molecule has 0 bridgehead atoms. The number of pyridine rings is 1. The summed E-state index contributed by atoms with van der Waals surface area (Å²) >= 11 is 0. The molecule has 0 unspecified atom stereocenters. The van der Waals surface area contributed by atoms with E-state index in [2.05, 4.69) is 10.1 Å². The molecule has 0 saturated heterocycles. The third kappa shape index (κ3) is 2.45. The van der Waals surface area contributed by atoms with Crippen LogP contribution >= 0.6 is 0 Å². The highest BCUT2D eigenvalue weighted by Crippen LogP contribution is 2.12. The maximum atomic E-state index is 11.8. The van der Waals surface area contributed by atoms with E-state index in [9.17, 15) is 9.90 Å². The molecule has 92 valence electrons. The van der Waals surface area contributed by atoms with Gasteiger partial charge in [0.15, 0.2) is 0 Å². The van der Waals surface area contributed by atoms with Gasteiger partial charge in [0.05, 0.1) is 0 Å². The third-order valence-corrected chi connectivity index (χ3v) is 2.56. The zero-order chi connectivity index (χ0) is 13.1. The van der Waals surface area contributed by atoms with Gasteiger partial charge in [-0.1, -0.05) is 6.07 Å². The lowest BCUT2D eigenvalue weighted by Crippen LogP contribution is -1.99. The summed E-state index contributed by atoms with van der Waals surface area (Å²) in [6.45, 7) is 1.87. The van der Waals surface area contributed by atoms with Gasteiger partial charge in [0, 0.05) is 25.0 Å². The lowest BCUT2D eigenvalue weighted by Gasteiger charge is -1.96. The van der Waals surface area contributed by atoms with Crippen molar-refractivity contribution in [3.8, 4) is 0 Å². The zero-order valence-corrected chi connectivity index (χ0v) is 10.2. The van der Waals surface area contributed by atoms with Gasteiger partial charge in [-0.2, -0.15) is 5.10 Å². The van der Waals surface area contributed by atoms with E-state index in [1.54, 1.807) is 36.0 Å². The largest absolute Gasteiger partial charge is 0.505 e. The van der Waals surface area contributed by atoms with Crippen molar-refractivity contribution < 1.29 is 9.90 Å². The highest BCUT2D eigenvalue weighted by atomic mass is 16.3. The van der Waals surface area contributed by atoms with E-state index in [-0.39, 0.29) is 17.2 Å². The summed E-state index contributed by atoms with van der Waals surface area (Å²) in [5.74, 6) is -0.509. The van der Waals surface area contributed by atoms with E-state index in [1.807, 2.05) is 6.92 Å². The van der Waals surface area contributed by atoms with Crippen molar-refractivity contribution in [3.05, 3.63) is 53.6 Å². The molecule has 0 aliphatic carbocycles. The average Bonchev–Trinajstić information content (AvgIpc) is 2.71. The van der Waals surface area contributed by atoms with Gasteiger partial charge in [-0.15, -0.1) is 0 Å². The summed E-state index contributed by atoms with van der Waals surface area (Å²) in [7, 11) is 1.77. The molecule has 0 saturated carbocycles. The standard InChI is InChI=1S/C13H13N3O2/c1-9-7-11(15-16(9)2)13(18)8-12(17)10-5-3-4-6-14-10/h3-8,18H,1-2H3/b13-8-. The van der Waals surface area contributed by atoms with Crippen LogP contribution in [0.1, 0.15) is 21.9 Å². The van der Waals surface area contributed by atoms with Crippen LogP contribution < -0.4 is 0 Å². The molecule has 2 aromatic rings. The topological polar surface area (TPSA) is 68.0 Å². The number of aliphatic hydroxyl groups excluding tert-OH is 1. The van der Waals surface area contributed by atoms with Crippen LogP contribution in [0.5, 0.6) is 0 Å². The number of nitrogens with zero attached hydrogens (tertiary/aromatic N) is 3. The van der Waals surface area contributed by atoms with Crippen molar-refractivity contribution in [2.24, 2.45) is 7.05 Å². The van der Waals surface area contributed by atoms with E-state index in [4.69, 9.17) is 0 Å².